The summed E-state index contributed by atoms with van der Waals surface area (Å²) in [7, 11) is -3.71. The van der Waals surface area contributed by atoms with Crippen molar-refractivity contribution in [3.63, 3.8) is 0 Å². The molecule has 3 aromatic carbocycles. The highest BCUT2D eigenvalue weighted by Crippen LogP contribution is 2.32. The number of benzene rings is 3. The van der Waals surface area contributed by atoms with Crippen LogP contribution in [0.25, 0.3) is 16.8 Å². The standard InChI is InChI=1S/C29H24F4N6O4S/c1-44(41,42)22-11-12-23(24(14-22)43-16-29(31,32)33)36-28-37-25-13-6-19(15-39(25)38-28)17-4-9-21(10-5-17)35-27(40)26(34)18-2-7-20(30)8-3-18/h2-15,26H,16,34H2,1H3,(H,35,40)(H,36,38)/t26-/m0/s1. The molecule has 0 saturated carbocycles. The second kappa shape index (κ2) is 11.9. The molecule has 0 spiro atoms. The molecule has 2 heterocycles. The van der Waals surface area contributed by atoms with Crippen molar-refractivity contribution >= 4 is 38.7 Å². The number of anilines is 3. The molecular weight excluding hydrogens is 604 g/mol. The minimum absolute atomic E-state index is 0.0293. The van der Waals surface area contributed by atoms with E-state index in [-0.39, 0.29) is 22.3 Å². The highest BCUT2D eigenvalue weighted by molar-refractivity contribution is 7.90. The second-order valence-corrected chi connectivity index (χ2v) is 11.7. The molecule has 4 N–H and O–H groups in total. The van der Waals surface area contributed by atoms with Crippen molar-refractivity contribution in [1.29, 1.82) is 0 Å². The molecule has 0 fully saturated rings. The number of sulfone groups is 1. The first kappa shape index (κ1) is 30.4. The fourth-order valence-corrected chi connectivity index (χ4v) is 4.77. The zero-order valence-electron chi connectivity index (χ0n) is 22.8. The third-order valence-electron chi connectivity index (χ3n) is 6.35. The van der Waals surface area contributed by atoms with Gasteiger partial charge in [-0.05, 0) is 59.7 Å². The zero-order chi connectivity index (χ0) is 31.6. The third kappa shape index (κ3) is 7.30. The van der Waals surface area contributed by atoms with E-state index in [0.29, 0.717) is 16.9 Å². The number of carbonyl (C=O) groups excluding carboxylic acids is 1. The quantitative estimate of drug-likeness (QED) is 0.188. The number of rotatable bonds is 9. The van der Waals surface area contributed by atoms with E-state index in [1.807, 2.05) is 0 Å². The van der Waals surface area contributed by atoms with Crippen molar-refractivity contribution < 1.29 is 35.5 Å². The molecule has 5 rings (SSSR count). The summed E-state index contributed by atoms with van der Waals surface area (Å²) in [5.74, 6) is -1.21. The fraction of sp³-hybridized carbons (Fsp3) is 0.138. The number of amides is 1. The Kier molecular flexibility index (Phi) is 8.25. The summed E-state index contributed by atoms with van der Waals surface area (Å²) < 4.78 is 81.8. The summed E-state index contributed by atoms with van der Waals surface area (Å²) in [6.07, 6.45) is -2.03. The van der Waals surface area contributed by atoms with Crippen LogP contribution in [0.5, 0.6) is 5.75 Å². The van der Waals surface area contributed by atoms with Crippen LogP contribution in [0.2, 0.25) is 0 Å². The Morgan fingerprint density at radius 2 is 1.68 bits per heavy atom. The Balaban J connectivity index is 1.32. The van der Waals surface area contributed by atoms with E-state index >= 15 is 0 Å². The highest BCUT2D eigenvalue weighted by Gasteiger charge is 2.29. The SMILES string of the molecule is CS(=O)(=O)c1ccc(Nc2nc3ccc(-c4ccc(NC(=O)[C@@H](N)c5ccc(F)cc5)cc4)cn3n2)c(OCC(F)(F)F)c1. The number of alkyl halides is 3. The number of carbonyl (C=O) groups is 1. The number of ether oxygens (including phenoxy) is 1. The Morgan fingerprint density at radius 3 is 2.34 bits per heavy atom. The van der Waals surface area contributed by atoms with Gasteiger partial charge in [-0.3, -0.25) is 4.79 Å². The number of halogens is 4. The molecule has 15 heteroatoms. The molecular formula is C29H24F4N6O4S. The molecule has 0 radical (unpaired) electrons. The third-order valence-corrected chi connectivity index (χ3v) is 7.46. The number of aromatic nitrogens is 3. The van der Waals surface area contributed by atoms with E-state index in [1.165, 1.54) is 40.9 Å². The molecule has 1 amide bonds. The predicted molar refractivity (Wildman–Crippen MR) is 155 cm³/mol. The summed E-state index contributed by atoms with van der Waals surface area (Å²) in [5.41, 5.74) is 8.92. The maximum absolute atomic E-state index is 13.2. The average molecular weight is 629 g/mol. The zero-order valence-corrected chi connectivity index (χ0v) is 23.7. The van der Waals surface area contributed by atoms with Crippen LogP contribution in [0.1, 0.15) is 11.6 Å². The van der Waals surface area contributed by atoms with Crippen molar-refractivity contribution in [3.05, 3.63) is 96.4 Å². The van der Waals surface area contributed by atoms with Gasteiger partial charge < -0.3 is 21.1 Å². The number of hydrogen-bond donors (Lipinski definition) is 3. The lowest BCUT2D eigenvalue weighted by molar-refractivity contribution is -0.153. The number of nitrogens with zero attached hydrogens (tertiary/aromatic N) is 3. The minimum atomic E-state index is -4.64. The molecule has 0 saturated heterocycles. The summed E-state index contributed by atoms with van der Waals surface area (Å²) in [5, 5.41) is 9.84. The van der Waals surface area contributed by atoms with Gasteiger partial charge in [-0.2, -0.15) is 18.2 Å². The normalized spacial score (nSPS) is 12.6. The molecule has 228 valence electrons. The summed E-state index contributed by atoms with van der Waals surface area (Å²) in [4.78, 5) is 16.7. The van der Waals surface area contributed by atoms with Gasteiger partial charge in [0.05, 0.1) is 10.6 Å². The highest BCUT2D eigenvalue weighted by atomic mass is 32.2. The summed E-state index contributed by atoms with van der Waals surface area (Å²) >= 11 is 0. The first-order valence-electron chi connectivity index (χ1n) is 12.8. The van der Waals surface area contributed by atoms with E-state index < -0.39 is 40.4 Å². The van der Waals surface area contributed by atoms with Crippen LogP contribution in [-0.4, -0.2) is 48.0 Å². The van der Waals surface area contributed by atoms with Crippen molar-refractivity contribution in [2.24, 2.45) is 5.73 Å². The van der Waals surface area contributed by atoms with Gasteiger partial charge in [-0.1, -0.05) is 24.3 Å². The lowest BCUT2D eigenvalue weighted by Crippen LogP contribution is -2.27. The molecule has 0 bridgehead atoms. The van der Waals surface area contributed by atoms with Gasteiger partial charge >= 0.3 is 6.18 Å². The van der Waals surface area contributed by atoms with E-state index in [1.54, 1.807) is 42.6 Å². The monoisotopic (exact) mass is 628 g/mol. The van der Waals surface area contributed by atoms with Crippen LogP contribution in [-0.2, 0) is 14.6 Å². The van der Waals surface area contributed by atoms with Gasteiger partial charge in [0.2, 0.25) is 11.9 Å². The lowest BCUT2D eigenvalue weighted by atomic mass is 10.1. The topological polar surface area (TPSA) is 141 Å². The molecule has 2 aromatic heterocycles. The molecule has 0 aliphatic heterocycles. The van der Waals surface area contributed by atoms with E-state index in [2.05, 4.69) is 20.7 Å². The van der Waals surface area contributed by atoms with Gasteiger partial charge in [0.15, 0.2) is 22.1 Å². The molecule has 44 heavy (non-hydrogen) atoms. The van der Waals surface area contributed by atoms with Gasteiger partial charge in [0, 0.05) is 29.8 Å². The molecule has 0 unspecified atom stereocenters. The summed E-state index contributed by atoms with van der Waals surface area (Å²) in [6.45, 7) is -1.62. The first-order valence-corrected chi connectivity index (χ1v) is 14.7. The largest absolute Gasteiger partial charge is 0.482 e. The number of pyridine rings is 1. The van der Waals surface area contributed by atoms with Crippen LogP contribution in [0, 0.1) is 5.82 Å². The van der Waals surface area contributed by atoms with Gasteiger partial charge in [-0.25, -0.2) is 17.3 Å². The van der Waals surface area contributed by atoms with Crippen molar-refractivity contribution in [1.82, 2.24) is 14.6 Å². The van der Waals surface area contributed by atoms with E-state index in [0.717, 1.165) is 23.4 Å². The lowest BCUT2D eigenvalue weighted by Gasteiger charge is -2.14. The molecule has 0 aliphatic rings. The molecule has 0 aliphatic carbocycles. The molecule has 1 atom stereocenters. The first-order chi connectivity index (χ1) is 20.7. The average Bonchev–Trinajstić information content (AvgIpc) is 3.37. The smallest absolute Gasteiger partial charge is 0.422 e. The predicted octanol–water partition coefficient (Wildman–Crippen LogP) is 5.26. The summed E-state index contributed by atoms with van der Waals surface area (Å²) in [6, 6.07) is 18.2. The van der Waals surface area contributed by atoms with Crippen molar-refractivity contribution in [2.75, 3.05) is 23.5 Å². The second-order valence-electron chi connectivity index (χ2n) is 9.71. The fourth-order valence-electron chi connectivity index (χ4n) is 4.13. The van der Waals surface area contributed by atoms with Crippen molar-refractivity contribution in [2.45, 2.75) is 17.1 Å². The number of nitrogens with two attached hydrogens (primary N) is 1. The number of fused-ring (bicyclic) bond motifs is 1. The van der Waals surface area contributed by atoms with Gasteiger partial charge in [-0.15, -0.1) is 5.10 Å². The van der Waals surface area contributed by atoms with Gasteiger partial charge in [0.1, 0.15) is 17.6 Å². The molecule has 10 nitrogen and oxygen atoms in total. The number of hydrogen-bond acceptors (Lipinski definition) is 8. The van der Waals surface area contributed by atoms with Gasteiger partial charge in [0.25, 0.3) is 0 Å². The Morgan fingerprint density at radius 1 is 1.00 bits per heavy atom. The maximum Gasteiger partial charge on any atom is 0.422 e. The van der Waals surface area contributed by atoms with E-state index in [4.69, 9.17) is 10.5 Å². The van der Waals surface area contributed by atoms with Crippen LogP contribution < -0.4 is 21.1 Å². The van der Waals surface area contributed by atoms with E-state index in [9.17, 15) is 30.8 Å². The van der Waals surface area contributed by atoms with Crippen LogP contribution in [0.4, 0.5) is 34.9 Å². The van der Waals surface area contributed by atoms with Crippen LogP contribution in [0.3, 0.4) is 0 Å². The number of nitrogens with one attached hydrogen (secondary N) is 2. The maximum atomic E-state index is 13.2. The Bertz CT molecular complexity index is 1930. The Hall–Kier alpha value is -5.02. The molecule has 5 aromatic rings. The van der Waals surface area contributed by atoms with Crippen LogP contribution in [0.15, 0.2) is 90.0 Å². The van der Waals surface area contributed by atoms with Crippen LogP contribution >= 0.6 is 0 Å². The van der Waals surface area contributed by atoms with Crippen molar-refractivity contribution in [3.8, 4) is 16.9 Å². The Labute approximate surface area is 248 Å². The minimum Gasteiger partial charge on any atom is -0.482 e.